The Morgan fingerprint density at radius 1 is 1.19 bits per heavy atom. The van der Waals surface area contributed by atoms with Crippen LogP contribution < -0.4 is 21.9 Å². The van der Waals surface area contributed by atoms with Gasteiger partial charge in [0.2, 0.25) is 0 Å². The van der Waals surface area contributed by atoms with Gasteiger partial charge in [0.05, 0.1) is 5.52 Å². The van der Waals surface area contributed by atoms with E-state index in [2.05, 4.69) is 15.5 Å². The highest BCUT2D eigenvalue weighted by atomic mass is 16.2. The fraction of sp³-hybridized carbons (Fsp3) is 0.579. The maximum absolute atomic E-state index is 12.9. The zero-order chi connectivity index (χ0) is 19.2. The lowest BCUT2D eigenvalue weighted by Crippen LogP contribution is -2.44. The van der Waals surface area contributed by atoms with Gasteiger partial charge in [-0.25, -0.2) is 4.79 Å². The number of piperidine rings is 1. The van der Waals surface area contributed by atoms with Crippen LogP contribution in [0.15, 0.2) is 21.2 Å². The van der Waals surface area contributed by atoms with Gasteiger partial charge in [0, 0.05) is 45.3 Å². The van der Waals surface area contributed by atoms with Gasteiger partial charge < -0.3 is 15.2 Å². The summed E-state index contributed by atoms with van der Waals surface area (Å²) < 4.78 is 4.82. The van der Waals surface area contributed by atoms with Crippen molar-refractivity contribution in [2.45, 2.75) is 46.2 Å². The van der Waals surface area contributed by atoms with Crippen LogP contribution in [0.3, 0.4) is 0 Å². The molecule has 1 atom stereocenters. The van der Waals surface area contributed by atoms with Crippen molar-refractivity contribution in [1.82, 2.24) is 13.7 Å². The van der Waals surface area contributed by atoms with Crippen molar-refractivity contribution in [1.29, 1.82) is 0 Å². The first-order valence-corrected chi connectivity index (χ1v) is 9.16. The highest BCUT2D eigenvalue weighted by molar-refractivity contribution is 5.86. The summed E-state index contributed by atoms with van der Waals surface area (Å²) in [7, 11) is 3.27. The van der Waals surface area contributed by atoms with Crippen LogP contribution in [0.25, 0.3) is 11.0 Å². The SMILES string of the molecule is CC(C)=CCn1c(N2CCC[C@H](N)C2)c(C)c2c1c(=O)n(C)c(=O)n2C. The molecule has 1 saturated heterocycles. The van der Waals surface area contributed by atoms with Crippen molar-refractivity contribution < 1.29 is 0 Å². The second kappa shape index (κ2) is 6.79. The molecule has 0 unspecified atom stereocenters. The summed E-state index contributed by atoms with van der Waals surface area (Å²) >= 11 is 0. The van der Waals surface area contributed by atoms with Gasteiger partial charge in [-0.3, -0.25) is 13.9 Å². The minimum Gasteiger partial charge on any atom is -0.356 e. The van der Waals surface area contributed by atoms with E-state index in [9.17, 15) is 9.59 Å². The highest BCUT2D eigenvalue weighted by Gasteiger charge is 2.27. The van der Waals surface area contributed by atoms with Crippen molar-refractivity contribution in [2.24, 2.45) is 19.8 Å². The summed E-state index contributed by atoms with van der Waals surface area (Å²) in [6.07, 6.45) is 4.16. The smallest absolute Gasteiger partial charge is 0.331 e. The molecule has 2 aromatic heterocycles. The highest BCUT2D eigenvalue weighted by Crippen LogP contribution is 2.31. The molecule has 2 N–H and O–H groups in total. The Bertz CT molecular complexity index is 988. The van der Waals surface area contributed by atoms with Gasteiger partial charge in [-0.2, -0.15) is 0 Å². The fourth-order valence-electron chi connectivity index (χ4n) is 3.98. The summed E-state index contributed by atoms with van der Waals surface area (Å²) in [5.41, 5.74) is 9.11. The number of hydrogen-bond donors (Lipinski definition) is 1. The van der Waals surface area contributed by atoms with E-state index in [0.717, 1.165) is 42.8 Å². The van der Waals surface area contributed by atoms with Crippen LogP contribution in [0.2, 0.25) is 0 Å². The second-order valence-electron chi connectivity index (χ2n) is 7.59. The molecule has 0 aromatic carbocycles. The van der Waals surface area contributed by atoms with Gasteiger partial charge in [0.25, 0.3) is 5.56 Å². The van der Waals surface area contributed by atoms with Crippen LogP contribution in [-0.4, -0.2) is 32.8 Å². The summed E-state index contributed by atoms with van der Waals surface area (Å²) in [6.45, 7) is 8.36. The van der Waals surface area contributed by atoms with Gasteiger partial charge >= 0.3 is 5.69 Å². The number of fused-ring (bicyclic) bond motifs is 1. The number of nitrogens with two attached hydrogens (primary N) is 1. The van der Waals surface area contributed by atoms with Crippen LogP contribution in [-0.2, 0) is 20.6 Å². The van der Waals surface area contributed by atoms with Gasteiger partial charge in [0.1, 0.15) is 11.3 Å². The summed E-state index contributed by atoms with van der Waals surface area (Å²) in [5.74, 6) is 1.01. The third kappa shape index (κ3) is 2.90. The molecule has 0 bridgehead atoms. The topological polar surface area (TPSA) is 78.2 Å². The van der Waals surface area contributed by atoms with Crippen molar-refractivity contribution in [3.63, 3.8) is 0 Å². The summed E-state index contributed by atoms with van der Waals surface area (Å²) in [4.78, 5) is 27.7. The quantitative estimate of drug-likeness (QED) is 0.837. The Hall–Kier alpha value is -2.28. The first-order valence-electron chi connectivity index (χ1n) is 9.16. The number of hydrogen-bond acceptors (Lipinski definition) is 4. The molecular weight excluding hydrogens is 330 g/mol. The zero-order valence-corrected chi connectivity index (χ0v) is 16.4. The Labute approximate surface area is 153 Å². The van der Waals surface area contributed by atoms with Crippen LogP contribution in [0.1, 0.15) is 32.3 Å². The summed E-state index contributed by atoms with van der Waals surface area (Å²) in [5, 5.41) is 0. The third-order valence-corrected chi connectivity index (χ3v) is 5.30. The Balaban J connectivity index is 2.37. The molecule has 1 fully saturated rings. The molecule has 0 amide bonds. The van der Waals surface area contributed by atoms with Crippen molar-refractivity contribution in [3.05, 3.63) is 38.1 Å². The number of nitrogens with zero attached hydrogens (tertiary/aromatic N) is 4. The van der Waals surface area contributed by atoms with Gasteiger partial charge in [-0.05, 0) is 33.6 Å². The predicted octanol–water partition coefficient (Wildman–Crippen LogP) is 1.24. The van der Waals surface area contributed by atoms with E-state index < -0.39 is 0 Å². The molecule has 142 valence electrons. The monoisotopic (exact) mass is 359 g/mol. The van der Waals surface area contributed by atoms with Crippen LogP contribution >= 0.6 is 0 Å². The largest absolute Gasteiger partial charge is 0.356 e. The number of rotatable bonds is 3. The predicted molar refractivity (Wildman–Crippen MR) is 106 cm³/mol. The molecule has 0 spiro atoms. The maximum atomic E-state index is 12.9. The van der Waals surface area contributed by atoms with E-state index in [0.29, 0.717) is 12.1 Å². The molecule has 7 nitrogen and oxygen atoms in total. The molecular formula is C19H29N5O2. The molecule has 0 radical (unpaired) electrons. The van der Waals surface area contributed by atoms with E-state index in [1.54, 1.807) is 11.6 Å². The second-order valence-corrected chi connectivity index (χ2v) is 7.59. The average molecular weight is 359 g/mol. The summed E-state index contributed by atoms with van der Waals surface area (Å²) in [6, 6.07) is 0.129. The molecule has 2 aromatic rings. The van der Waals surface area contributed by atoms with Crippen molar-refractivity contribution >= 4 is 16.9 Å². The van der Waals surface area contributed by atoms with Crippen molar-refractivity contribution in [2.75, 3.05) is 18.0 Å². The molecule has 7 heteroatoms. The van der Waals surface area contributed by atoms with E-state index in [4.69, 9.17) is 5.73 Å². The van der Waals surface area contributed by atoms with E-state index >= 15 is 0 Å². The number of anilines is 1. The molecule has 26 heavy (non-hydrogen) atoms. The lowest BCUT2D eigenvalue weighted by molar-refractivity contribution is 0.498. The molecule has 3 heterocycles. The fourth-order valence-corrected chi connectivity index (χ4v) is 3.98. The van der Waals surface area contributed by atoms with E-state index in [1.807, 2.05) is 20.8 Å². The minimum absolute atomic E-state index is 0.129. The molecule has 0 aliphatic carbocycles. The van der Waals surface area contributed by atoms with Gasteiger partial charge in [0.15, 0.2) is 0 Å². The normalized spacial score (nSPS) is 17.8. The third-order valence-electron chi connectivity index (χ3n) is 5.30. The number of allylic oxidation sites excluding steroid dienone is 2. The van der Waals surface area contributed by atoms with Gasteiger partial charge in [-0.15, -0.1) is 0 Å². The lowest BCUT2D eigenvalue weighted by Gasteiger charge is -2.33. The molecule has 0 saturated carbocycles. The Morgan fingerprint density at radius 2 is 1.88 bits per heavy atom. The Kier molecular flexibility index (Phi) is 4.84. The number of aryl methyl sites for hydroxylation is 2. The first kappa shape index (κ1) is 18.5. The van der Waals surface area contributed by atoms with Gasteiger partial charge in [-0.1, -0.05) is 11.6 Å². The standard InChI is InChI=1S/C19H29N5O2/c1-12(2)8-10-24-16-15(21(4)19(26)22(5)18(16)25)13(3)17(24)23-9-6-7-14(20)11-23/h8,14H,6-7,9-11,20H2,1-5H3/t14-/m0/s1. The molecule has 1 aliphatic heterocycles. The van der Waals surface area contributed by atoms with E-state index in [1.165, 1.54) is 17.2 Å². The first-order chi connectivity index (χ1) is 12.2. The molecule has 3 rings (SSSR count). The van der Waals surface area contributed by atoms with Crippen LogP contribution in [0.5, 0.6) is 0 Å². The van der Waals surface area contributed by atoms with Crippen LogP contribution in [0, 0.1) is 6.92 Å². The minimum atomic E-state index is -0.299. The number of aromatic nitrogens is 3. The van der Waals surface area contributed by atoms with Crippen molar-refractivity contribution in [3.8, 4) is 0 Å². The van der Waals surface area contributed by atoms with E-state index in [-0.39, 0.29) is 17.3 Å². The maximum Gasteiger partial charge on any atom is 0.331 e. The lowest BCUT2D eigenvalue weighted by atomic mass is 10.1. The zero-order valence-electron chi connectivity index (χ0n) is 16.4. The molecule has 1 aliphatic rings. The average Bonchev–Trinajstić information content (AvgIpc) is 2.88. The Morgan fingerprint density at radius 3 is 2.50 bits per heavy atom. The van der Waals surface area contributed by atoms with Crippen LogP contribution in [0.4, 0.5) is 5.82 Å².